The van der Waals surface area contributed by atoms with Crippen molar-refractivity contribution in [3.8, 4) is 11.5 Å². The van der Waals surface area contributed by atoms with E-state index in [9.17, 15) is 4.79 Å². The number of hydrogen-bond acceptors (Lipinski definition) is 6. The van der Waals surface area contributed by atoms with Gasteiger partial charge in [-0.15, -0.1) is 0 Å². The van der Waals surface area contributed by atoms with E-state index in [0.717, 1.165) is 18.5 Å². The van der Waals surface area contributed by atoms with E-state index in [-0.39, 0.29) is 11.8 Å². The molecule has 1 saturated heterocycles. The number of piperidine rings is 1. The van der Waals surface area contributed by atoms with Gasteiger partial charge in [-0.2, -0.15) is 0 Å². The normalized spacial score (nSPS) is 16.9. The molecule has 0 N–H and O–H groups in total. The molecule has 1 amide bonds. The number of hydrogen-bond donors (Lipinski definition) is 0. The number of carbonyl (C=O) groups excluding carboxylic acids is 1. The maximum absolute atomic E-state index is 13.1. The second-order valence-electron chi connectivity index (χ2n) is 6.49. The van der Waals surface area contributed by atoms with E-state index in [1.165, 1.54) is 0 Å². The number of aromatic nitrogens is 2. The Morgan fingerprint density at radius 1 is 1.22 bits per heavy atom. The summed E-state index contributed by atoms with van der Waals surface area (Å²) in [6, 6.07) is 7.19. The zero-order valence-corrected chi connectivity index (χ0v) is 16.0. The number of nitrogens with zero attached hydrogens (tertiary/aromatic N) is 3. The first-order chi connectivity index (χ1) is 13.2. The van der Waals surface area contributed by atoms with Gasteiger partial charge in [-0.1, -0.05) is 0 Å². The van der Waals surface area contributed by atoms with Crippen molar-refractivity contribution in [2.24, 2.45) is 0 Å². The van der Waals surface area contributed by atoms with Crippen LogP contribution in [0.25, 0.3) is 0 Å². The highest BCUT2D eigenvalue weighted by Gasteiger charge is 2.28. The molecule has 1 aromatic carbocycles. The van der Waals surface area contributed by atoms with E-state index in [2.05, 4.69) is 9.97 Å². The third kappa shape index (κ3) is 4.36. The minimum atomic E-state index is -0.0541. The van der Waals surface area contributed by atoms with Gasteiger partial charge in [-0.25, -0.2) is 9.97 Å². The number of methoxy groups -OCH3 is 3. The summed E-state index contributed by atoms with van der Waals surface area (Å²) in [4.78, 5) is 23.8. The van der Waals surface area contributed by atoms with Gasteiger partial charge in [0.2, 0.25) is 0 Å². The number of likely N-dealkylation sites (tertiary alicyclic amines) is 1. The number of ether oxygens (including phenoxy) is 3. The number of amides is 1. The first kappa shape index (κ1) is 19.1. The zero-order chi connectivity index (χ0) is 19.2. The molecule has 1 aliphatic heterocycles. The van der Waals surface area contributed by atoms with Gasteiger partial charge in [0.05, 0.1) is 19.8 Å². The highest BCUT2D eigenvalue weighted by atomic mass is 16.5. The quantitative estimate of drug-likeness (QED) is 0.777. The summed E-state index contributed by atoms with van der Waals surface area (Å²) in [5.74, 6) is 1.97. The highest BCUT2D eigenvalue weighted by molar-refractivity contribution is 5.97. The van der Waals surface area contributed by atoms with Crippen LogP contribution >= 0.6 is 0 Å². The average Bonchev–Trinajstić information content (AvgIpc) is 2.73. The summed E-state index contributed by atoms with van der Waals surface area (Å²) in [6.45, 7) is 1.71. The van der Waals surface area contributed by atoms with Crippen LogP contribution in [0, 0.1) is 0 Å². The lowest BCUT2D eigenvalue weighted by Gasteiger charge is -2.33. The molecule has 0 radical (unpaired) electrons. The molecule has 7 heteroatoms. The van der Waals surface area contributed by atoms with Crippen LogP contribution in [0.2, 0.25) is 0 Å². The van der Waals surface area contributed by atoms with Gasteiger partial charge < -0.3 is 19.1 Å². The topological polar surface area (TPSA) is 73.8 Å². The van der Waals surface area contributed by atoms with Crippen molar-refractivity contribution in [2.75, 3.05) is 34.4 Å². The third-order valence-corrected chi connectivity index (χ3v) is 4.76. The SMILES string of the molecule is COCc1nccc(C2CCCN(C(=O)c3cc(OC)ccc3OC)C2)n1. The van der Waals surface area contributed by atoms with E-state index >= 15 is 0 Å². The van der Waals surface area contributed by atoms with Gasteiger partial charge in [-0.05, 0) is 37.1 Å². The smallest absolute Gasteiger partial charge is 0.257 e. The van der Waals surface area contributed by atoms with Crippen LogP contribution in [0.4, 0.5) is 0 Å². The number of rotatable bonds is 6. The molecule has 1 fully saturated rings. The molecule has 3 rings (SSSR count). The lowest BCUT2D eigenvalue weighted by molar-refractivity contribution is 0.0702. The van der Waals surface area contributed by atoms with Gasteiger partial charge in [0.1, 0.15) is 18.1 Å². The van der Waals surface area contributed by atoms with Gasteiger partial charge >= 0.3 is 0 Å². The molecule has 1 unspecified atom stereocenters. The molecular formula is C20H25N3O4. The van der Waals surface area contributed by atoms with Crippen molar-refractivity contribution < 1.29 is 19.0 Å². The Morgan fingerprint density at radius 2 is 2.07 bits per heavy atom. The predicted molar refractivity (Wildman–Crippen MR) is 100 cm³/mol. The number of benzene rings is 1. The second-order valence-corrected chi connectivity index (χ2v) is 6.49. The Balaban J connectivity index is 1.80. The van der Waals surface area contributed by atoms with Crippen LogP contribution in [0.5, 0.6) is 11.5 Å². The van der Waals surface area contributed by atoms with E-state index in [1.807, 2.05) is 11.0 Å². The fourth-order valence-electron chi connectivity index (χ4n) is 3.40. The summed E-state index contributed by atoms with van der Waals surface area (Å²) in [5, 5.41) is 0. The highest BCUT2D eigenvalue weighted by Crippen LogP contribution is 2.30. The standard InChI is InChI=1S/C20H25N3O4/c1-25-13-19-21-9-8-17(22-19)14-5-4-10-23(12-14)20(24)16-11-15(26-2)6-7-18(16)27-3/h6-9,11,14H,4-5,10,12-13H2,1-3H3. The number of carbonyl (C=O) groups is 1. The van der Waals surface area contributed by atoms with Crippen molar-refractivity contribution in [3.63, 3.8) is 0 Å². The molecule has 144 valence electrons. The fraction of sp³-hybridized carbons (Fsp3) is 0.450. The van der Waals surface area contributed by atoms with Gasteiger partial charge in [0, 0.05) is 38.0 Å². The van der Waals surface area contributed by atoms with Crippen molar-refractivity contribution >= 4 is 5.91 Å². The molecule has 27 heavy (non-hydrogen) atoms. The predicted octanol–water partition coefficient (Wildman–Crippen LogP) is 2.66. The first-order valence-corrected chi connectivity index (χ1v) is 8.98. The van der Waals surface area contributed by atoms with Gasteiger partial charge in [0.25, 0.3) is 5.91 Å². The molecule has 2 heterocycles. The molecule has 0 spiro atoms. The maximum atomic E-state index is 13.1. The second kappa shape index (κ2) is 8.81. The Morgan fingerprint density at radius 3 is 2.81 bits per heavy atom. The molecule has 1 atom stereocenters. The van der Waals surface area contributed by atoms with Crippen LogP contribution in [0.15, 0.2) is 30.5 Å². The van der Waals surface area contributed by atoms with E-state index in [4.69, 9.17) is 14.2 Å². The summed E-state index contributed by atoms with van der Waals surface area (Å²) in [7, 11) is 4.77. The van der Waals surface area contributed by atoms with Crippen LogP contribution in [-0.2, 0) is 11.3 Å². The van der Waals surface area contributed by atoms with E-state index in [0.29, 0.717) is 42.6 Å². The monoisotopic (exact) mass is 371 g/mol. The largest absolute Gasteiger partial charge is 0.497 e. The van der Waals surface area contributed by atoms with E-state index in [1.54, 1.807) is 45.7 Å². The molecule has 7 nitrogen and oxygen atoms in total. The molecule has 1 aliphatic rings. The zero-order valence-electron chi connectivity index (χ0n) is 16.0. The average molecular weight is 371 g/mol. The molecule has 0 aliphatic carbocycles. The lowest BCUT2D eigenvalue weighted by Crippen LogP contribution is -2.39. The van der Waals surface area contributed by atoms with Crippen molar-refractivity contribution in [2.45, 2.75) is 25.4 Å². The molecule has 2 aromatic rings. The molecule has 0 saturated carbocycles. The third-order valence-electron chi connectivity index (χ3n) is 4.76. The van der Waals surface area contributed by atoms with Gasteiger partial charge in [-0.3, -0.25) is 4.79 Å². The minimum absolute atomic E-state index is 0.0541. The van der Waals surface area contributed by atoms with Crippen LogP contribution in [-0.4, -0.2) is 55.2 Å². The fourth-order valence-corrected chi connectivity index (χ4v) is 3.40. The Labute approximate surface area is 159 Å². The first-order valence-electron chi connectivity index (χ1n) is 8.98. The minimum Gasteiger partial charge on any atom is -0.497 e. The van der Waals surface area contributed by atoms with Crippen LogP contribution in [0.1, 0.15) is 40.6 Å². The molecule has 1 aromatic heterocycles. The molecule has 0 bridgehead atoms. The maximum Gasteiger partial charge on any atom is 0.257 e. The summed E-state index contributed by atoms with van der Waals surface area (Å²) < 4.78 is 15.8. The Bertz CT molecular complexity index is 797. The summed E-state index contributed by atoms with van der Waals surface area (Å²) in [6.07, 6.45) is 3.66. The Hall–Kier alpha value is -2.67. The molecular weight excluding hydrogens is 346 g/mol. The van der Waals surface area contributed by atoms with E-state index < -0.39 is 0 Å². The van der Waals surface area contributed by atoms with Crippen LogP contribution < -0.4 is 9.47 Å². The summed E-state index contributed by atoms with van der Waals surface area (Å²) >= 11 is 0. The van der Waals surface area contributed by atoms with Gasteiger partial charge in [0.15, 0.2) is 5.82 Å². The van der Waals surface area contributed by atoms with Crippen LogP contribution in [0.3, 0.4) is 0 Å². The lowest BCUT2D eigenvalue weighted by atomic mass is 9.94. The van der Waals surface area contributed by atoms with Crippen molar-refractivity contribution in [1.29, 1.82) is 0 Å². The summed E-state index contributed by atoms with van der Waals surface area (Å²) in [5.41, 5.74) is 1.47. The van der Waals surface area contributed by atoms with Crippen molar-refractivity contribution in [1.82, 2.24) is 14.9 Å². The van der Waals surface area contributed by atoms with Crippen molar-refractivity contribution in [3.05, 3.63) is 47.5 Å². The Kier molecular flexibility index (Phi) is 6.24.